The summed E-state index contributed by atoms with van der Waals surface area (Å²) in [5.74, 6) is 2.43. The number of carbonyl (C=O) groups is 1. The van der Waals surface area contributed by atoms with Crippen LogP contribution in [0.25, 0.3) is 0 Å². The molecule has 0 aliphatic rings. The number of carbonyl (C=O) groups excluding carboxylic acids is 1. The number of terminal acetylenes is 1. The van der Waals surface area contributed by atoms with E-state index in [0.717, 1.165) is 5.56 Å². The van der Waals surface area contributed by atoms with Gasteiger partial charge in [0, 0.05) is 0 Å². The molecule has 0 aliphatic carbocycles. The van der Waals surface area contributed by atoms with Gasteiger partial charge in [-0.1, -0.05) is 29.7 Å². The van der Waals surface area contributed by atoms with Crippen molar-refractivity contribution in [2.24, 2.45) is 0 Å². The predicted octanol–water partition coefficient (Wildman–Crippen LogP) is 3.24. The molecule has 0 atom stereocenters. The van der Waals surface area contributed by atoms with E-state index < -0.39 is 6.09 Å². The van der Waals surface area contributed by atoms with Crippen molar-refractivity contribution < 1.29 is 9.53 Å². The Hall–Kier alpha value is -1.66. The highest BCUT2D eigenvalue weighted by Gasteiger charge is 2.20. The second-order valence-electron chi connectivity index (χ2n) is 3.39. The Bertz CT molecular complexity index is 431. The van der Waals surface area contributed by atoms with Gasteiger partial charge in [0.2, 0.25) is 0 Å². The highest BCUT2D eigenvalue weighted by Crippen LogP contribution is 2.29. The fraction of sp³-hybridized carbons (Fsp3) is 0.308. The van der Waals surface area contributed by atoms with Crippen molar-refractivity contribution in [1.82, 2.24) is 0 Å². The minimum Gasteiger partial charge on any atom is -0.449 e. The summed E-state index contributed by atoms with van der Waals surface area (Å²) in [6, 6.07) is 5.40. The number of hydrogen-bond acceptors (Lipinski definition) is 2. The van der Waals surface area contributed by atoms with Crippen LogP contribution < -0.4 is 4.90 Å². The molecule has 0 bridgehead atoms. The lowest BCUT2D eigenvalue weighted by atomic mass is 10.2. The van der Waals surface area contributed by atoms with E-state index in [-0.39, 0.29) is 6.54 Å². The van der Waals surface area contributed by atoms with Gasteiger partial charge in [-0.2, -0.15) is 0 Å². The third-order valence-corrected chi connectivity index (χ3v) is 2.50. The third kappa shape index (κ3) is 3.15. The van der Waals surface area contributed by atoms with Gasteiger partial charge in [0.25, 0.3) is 0 Å². The molecule has 1 aromatic rings. The van der Waals surface area contributed by atoms with Crippen LogP contribution in [-0.4, -0.2) is 19.2 Å². The van der Waals surface area contributed by atoms with Gasteiger partial charge >= 0.3 is 6.09 Å². The molecule has 0 aromatic heterocycles. The highest BCUT2D eigenvalue weighted by atomic mass is 35.5. The molecule has 0 N–H and O–H groups in total. The first-order valence-corrected chi connectivity index (χ1v) is 5.62. The van der Waals surface area contributed by atoms with Gasteiger partial charge in [0.05, 0.1) is 23.9 Å². The Morgan fingerprint density at radius 1 is 1.59 bits per heavy atom. The summed E-state index contributed by atoms with van der Waals surface area (Å²) in [7, 11) is 0. The van der Waals surface area contributed by atoms with Gasteiger partial charge in [-0.25, -0.2) is 4.79 Å². The fourth-order valence-electron chi connectivity index (χ4n) is 1.49. The molecule has 1 rings (SSSR count). The number of hydrogen-bond donors (Lipinski definition) is 0. The Morgan fingerprint density at radius 3 is 2.82 bits per heavy atom. The zero-order chi connectivity index (χ0) is 12.8. The number of aryl methyl sites for hydroxylation is 1. The van der Waals surface area contributed by atoms with Crippen LogP contribution in [0.15, 0.2) is 18.2 Å². The molecule has 0 fully saturated rings. The van der Waals surface area contributed by atoms with Crippen LogP contribution in [0.1, 0.15) is 12.5 Å². The summed E-state index contributed by atoms with van der Waals surface area (Å²) in [6.07, 6.45) is 4.77. The summed E-state index contributed by atoms with van der Waals surface area (Å²) in [4.78, 5) is 13.1. The Balaban J connectivity index is 3.14. The molecule has 0 saturated heterocycles. The van der Waals surface area contributed by atoms with Crippen LogP contribution in [0, 0.1) is 19.3 Å². The van der Waals surface area contributed by atoms with E-state index in [0.29, 0.717) is 17.3 Å². The minimum atomic E-state index is -0.485. The van der Waals surface area contributed by atoms with Gasteiger partial charge in [-0.05, 0) is 25.5 Å². The largest absolute Gasteiger partial charge is 0.449 e. The molecule has 1 aromatic carbocycles. The van der Waals surface area contributed by atoms with Crippen LogP contribution in [0.4, 0.5) is 10.5 Å². The zero-order valence-electron chi connectivity index (χ0n) is 9.87. The van der Waals surface area contributed by atoms with Crippen molar-refractivity contribution in [3.05, 3.63) is 28.8 Å². The Morgan fingerprint density at radius 2 is 2.29 bits per heavy atom. The minimum absolute atomic E-state index is 0.128. The number of nitrogens with zero attached hydrogens (tertiary/aromatic N) is 1. The van der Waals surface area contributed by atoms with E-state index in [1.807, 2.05) is 19.1 Å². The van der Waals surface area contributed by atoms with Crippen molar-refractivity contribution in [2.75, 3.05) is 18.1 Å². The summed E-state index contributed by atoms with van der Waals surface area (Å²) < 4.78 is 4.95. The molecular weight excluding hydrogens is 238 g/mol. The number of para-hydroxylation sites is 1. The van der Waals surface area contributed by atoms with Gasteiger partial charge in [0.1, 0.15) is 0 Å². The molecule has 0 aliphatic heterocycles. The first-order valence-electron chi connectivity index (χ1n) is 5.24. The van der Waals surface area contributed by atoms with Crippen molar-refractivity contribution in [3.63, 3.8) is 0 Å². The van der Waals surface area contributed by atoms with Crippen molar-refractivity contribution >= 4 is 23.4 Å². The van der Waals surface area contributed by atoms with Crippen molar-refractivity contribution in [1.29, 1.82) is 0 Å². The van der Waals surface area contributed by atoms with Crippen LogP contribution in [0.2, 0.25) is 5.02 Å². The van der Waals surface area contributed by atoms with Gasteiger partial charge in [-0.3, -0.25) is 4.90 Å². The number of halogens is 1. The van der Waals surface area contributed by atoms with E-state index >= 15 is 0 Å². The SMILES string of the molecule is C#CCN(C(=O)OCC)c1c(C)cccc1Cl. The summed E-state index contributed by atoms with van der Waals surface area (Å²) in [5.41, 5.74) is 1.48. The molecule has 0 saturated carbocycles. The first-order chi connectivity index (χ1) is 8.11. The van der Waals surface area contributed by atoms with Crippen LogP contribution >= 0.6 is 11.6 Å². The average Bonchev–Trinajstić information content (AvgIpc) is 2.28. The average molecular weight is 252 g/mol. The monoisotopic (exact) mass is 251 g/mol. The third-order valence-electron chi connectivity index (χ3n) is 2.20. The van der Waals surface area contributed by atoms with Crippen LogP contribution in [-0.2, 0) is 4.74 Å². The quantitative estimate of drug-likeness (QED) is 0.772. The number of ether oxygens (including phenoxy) is 1. The maximum absolute atomic E-state index is 11.8. The summed E-state index contributed by atoms with van der Waals surface area (Å²) >= 11 is 6.09. The molecule has 0 unspecified atom stereocenters. The molecule has 90 valence electrons. The first kappa shape index (κ1) is 13.4. The van der Waals surface area contributed by atoms with Gasteiger partial charge in [0.15, 0.2) is 0 Å². The predicted molar refractivity (Wildman–Crippen MR) is 69.4 cm³/mol. The van der Waals surface area contributed by atoms with E-state index in [1.165, 1.54) is 4.90 Å². The highest BCUT2D eigenvalue weighted by molar-refractivity contribution is 6.34. The normalized spacial score (nSPS) is 9.53. The Labute approximate surface area is 106 Å². The smallest absolute Gasteiger partial charge is 0.415 e. The molecule has 1 amide bonds. The van der Waals surface area contributed by atoms with E-state index in [1.54, 1.807) is 13.0 Å². The number of benzene rings is 1. The maximum Gasteiger partial charge on any atom is 0.415 e. The lowest BCUT2D eigenvalue weighted by Crippen LogP contribution is -2.32. The fourth-order valence-corrected chi connectivity index (χ4v) is 1.82. The topological polar surface area (TPSA) is 29.5 Å². The van der Waals surface area contributed by atoms with E-state index in [2.05, 4.69) is 5.92 Å². The molecule has 0 heterocycles. The summed E-state index contributed by atoms with van der Waals surface area (Å²) in [5, 5.41) is 0.480. The summed E-state index contributed by atoms with van der Waals surface area (Å²) in [6.45, 7) is 4.03. The lowest BCUT2D eigenvalue weighted by molar-refractivity contribution is 0.160. The van der Waals surface area contributed by atoms with E-state index in [9.17, 15) is 4.79 Å². The molecule has 0 spiro atoms. The van der Waals surface area contributed by atoms with Crippen molar-refractivity contribution in [3.8, 4) is 12.3 Å². The van der Waals surface area contributed by atoms with Crippen molar-refractivity contribution in [2.45, 2.75) is 13.8 Å². The number of rotatable bonds is 3. The molecule has 4 heteroatoms. The maximum atomic E-state index is 11.8. The molecule has 0 radical (unpaired) electrons. The molecular formula is C13H14ClNO2. The van der Waals surface area contributed by atoms with E-state index in [4.69, 9.17) is 22.8 Å². The molecule has 3 nitrogen and oxygen atoms in total. The molecule has 17 heavy (non-hydrogen) atoms. The second kappa shape index (κ2) is 6.17. The standard InChI is InChI=1S/C13H14ClNO2/c1-4-9-15(13(16)17-5-2)12-10(3)7-6-8-11(12)14/h1,6-8H,5,9H2,2-3H3. The number of amides is 1. The van der Waals surface area contributed by atoms with Crippen LogP contribution in [0.3, 0.4) is 0 Å². The Kier molecular flexibility index (Phi) is 4.86. The van der Waals surface area contributed by atoms with Gasteiger partial charge < -0.3 is 4.74 Å². The zero-order valence-corrected chi connectivity index (χ0v) is 10.6. The number of anilines is 1. The van der Waals surface area contributed by atoms with Crippen LogP contribution in [0.5, 0.6) is 0 Å². The van der Waals surface area contributed by atoms with Gasteiger partial charge in [-0.15, -0.1) is 6.42 Å². The second-order valence-corrected chi connectivity index (χ2v) is 3.80. The lowest BCUT2D eigenvalue weighted by Gasteiger charge is -2.22.